The number of carbonyl (C=O) groups is 1. The van der Waals surface area contributed by atoms with Crippen LogP contribution in [0.5, 0.6) is 0 Å². The number of nitrogens with one attached hydrogen (secondary N) is 1. The maximum Gasteiger partial charge on any atom is 0.244 e. The molecular formula is C22H21FN2O3S2. The van der Waals surface area contributed by atoms with Gasteiger partial charge in [-0.3, -0.25) is 4.79 Å². The van der Waals surface area contributed by atoms with Gasteiger partial charge < -0.3 is 5.32 Å². The third-order valence-electron chi connectivity index (χ3n) is 4.35. The molecule has 3 aromatic rings. The van der Waals surface area contributed by atoms with E-state index in [9.17, 15) is 17.6 Å². The number of thiophene rings is 1. The Kier molecular flexibility index (Phi) is 6.81. The molecule has 0 spiro atoms. The van der Waals surface area contributed by atoms with Crippen molar-refractivity contribution in [1.82, 2.24) is 9.62 Å². The van der Waals surface area contributed by atoms with Crippen LogP contribution in [0.2, 0.25) is 0 Å². The van der Waals surface area contributed by atoms with Gasteiger partial charge in [-0.25, -0.2) is 17.1 Å². The molecule has 0 aliphatic carbocycles. The van der Waals surface area contributed by atoms with E-state index in [0.717, 1.165) is 14.1 Å². The van der Waals surface area contributed by atoms with Gasteiger partial charge in [0.25, 0.3) is 0 Å². The molecule has 0 saturated carbocycles. The molecule has 1 N–H and O–H groups in total. The van der Waals surface area contributed by atoms with E-state index in [1.54, 1.807) is 42.5 Å². The fourth-order valence-electron chi connectivity index (χ4n) is 2.75. The summed E-state index contributed by atoms with van der Waals surface area (Å²) in [5, 5.41) is 2.70. The second-order valence-corrected chi connectivity index (χ2v) is 9.86. The first-order valence-corrected chi connectivity index (χ1v) is 11.4. The highest BCUT2D eigenvalue weighted by atomic mass is 32.2. The molecule has 1 aromatic heterocycles. The topological polar surface area (TPSA) is 66.5 Å². The van der Waals surface area contributed by atoms with Crippen LogP contribution < -0.4 is 5.32 Å². The standard InChI is InChI=1S/C22H21FN2O3S2/c1-25(2)30(27,28)21-10-6-3-7-16(21)15-24-22(26)14-12-17-11-13-20(29-17)18-8-4-5-9-19(18)23/h3-14H,15H2,1-2H3,(H,24,26)/b14-12+. The Morgan fingerprint density at radius 3 is 2.50 bits per heavy atom. The number of nitrogens with zero attached hydrogens (tertiary/aromatic N) is 1. The summed E-state index contributed by atoms with van der Waals surface area (Å²) in [7, 11) is -0.678. The molecule has 5 nitrogen and oxygen atoms in total. The van der Waals surface area contributed by atoms with E-state index in [2.05, 4.69) is 5.32 Å². The number of amides is 1. The Balaban J connectivity index is 1.67. The summed E-state index contributed by atoms with van der Waals surface area (Å²) in [5.41, 5.74) is 1.02. The van der Waals surface area contributed by atoms with Crippen LogP contribution in [0.25, 0.3) is 16.5 Å². The van der Waals surface area contributed by atoms with Crippen LogP contribution in [0.15, 0.2) is 71.6 Å². The highest BCUT2D eigenvalue weighted by Gasteiger charge is 2.20. The Hall–Kier alpha value is -2.81. The summed E-state index contributed by atoms with van der Waals surface area (Å²) in [6.45, 7) is 0.0807. The van der Waals surface area contributed by atoms with Crippen molar-refractivity contribution in [3.05, 3.63) is 83.0 Å². The van der Waals surface area contributed by atoms with E-state index in [-0.39, 0.29) is 23.2 Å². The van der Waals surface area contributed by atoms with Gasteiger partial charge >= 0.3 is 0 Å². The number of benzene rings is 2. The zero-order valence-electron chi connectivity index (χ0n) is 16.5. The quantitative estimate of drug-likeness (QED) is 0.557. The van der Waals surface area contributed by atoms with Crippen molar-refractivity contribution in [2.24, 2.45) is 0 Å². The first kappa shape index (κ1) is 21.9. The SMILES string of the molecule is CN(C)S(=O)(=O)c1ccccc1CNC(=O)/C=C/c1ccc(-c2ccccc2F)s1. The molecule has 0 atom stereocenters. The third kappa shape index (κ3) is 5.02. The molecule has 30 heavy (non-hydrogen) atoms. The molecule has 0 aliphatic rings. The van der Waals surface area contributed by atoms with E-state index in [1.807, 2.05) is 12.1 Å². The minimum Gasteiger partial charge on any atom is -0.348 e. The van der Waals surface area contributed by atoms with Crippen LogP contribution in [0.4, 0.5) is 4.39 Å². The van der Waals surface area contributed by atoms with Crippen molar-refractivity contribution in [2.75, 3.05) is 14.1 Å². The predicted octanol–water partition coefficient (Wildman–Crippen LogP) is 4.13. The lowest BCUT2D eigenvalue weighted by atomic mass is 10.2. The zero-order valence-corrected chi connectivity index (χ0v) is 18.1. The number of sulfonamides is 1. The fourth-order valence-corrected chi connectivity index (χ4v) is 4.80. The van der Waals surface area contributed by atoms with Crippen LogP contribution in [0.3, 0.4) is 0 Å². The molecule has 0 fully saturated rings. The minimum atomic E-state index is -3.60. The van der Waals surface area contributed by atoms with E-state index in [0.29, 0.717) is 11.1 Å². The number of hydrogen-bond donors (Lipinski definition) is 1. The third-order valence-corrected chi connectivity index (χ3v) is 7.35. The predicted molar refractivity (Wildman–Crippen MR) is 118 cm³/mol. The molecule has 8 heteroatoms. The average molecular weight is 445 g/mol. The Bertz CT molecular complexity index is 1180. The van der Waals surface area contributed by atoms with Crippen LogP contribution in [0, 0.1) is 5.82 Å². The zero-order chi connectivity index (χ0) is 21.7. The van der Waals surface area contributed by atoms with Crippen LogP contribution >= 0.6 is 11.3 Å². The molecule has 0 saturated heterocycles. The summed E-state index contributed by atoms with van der Waals surface area (Å²) < 4.78 is 39.9. The van der Waals surface area contributed by atoms with Gasteiger partial charge in [0, 0.05) is 42.0 Å². The number of carbonyl (C=O) groups excluding carboxylic acids is 1. The molecule has 3 rings (SSSR count). The smallest absolute Gasteiger partial charge is 0.244 e. The first-order chi connectivity index (χ1) is 14.3. The molecule has 1 amide bonds. The Morgan fingerprint density at radius 1 is 1.07 bits per heavy atom. The van der Waals surface area contributed by atoms with Gasteiger partial charge in [-0.1, -0.05) is 36.4 Å². The molecular weight excluding hydrogens is 423 g/mol. The molecule has 2 aromatic carbocycles. The van der Waals surface area contributed by atoms with E-state index >= 15 is 0 Å². The minimum absolute atomic E-state index is 0.0807. The lowest BCUT2D eigenvalue weighted by Gasteiger charge is -2.15. The van der Waals surface area contributed by atoms with E-state index in [4.69, 9.17) is 0 Å². The second kappa shape index (κ2) is 9.34. The van der Waals surface area contributed by atoms with Gasteiger partial charge in [0.15, 0.2) is 0 Å². The lowest BCUT2D eigenvalue weighted by Crippen LogP contribution is -2.26. The summed E-state index contributed by atoms with van der Waals surface area (Å²) in [6.07, 6.45) is 3.02. The number of hydrogen-bond acceptors (Lipinski definition) is 4. The van der Waals surface area contributed by atoms with E-state index in [1.165, 1.54) is 43.6 Å². The highest BCUT2D eigenvalue weighted by molar-refractivity contribution is 7.89. The molecule has 0 unspecified atom stereocenters. The monoisotopic (exact) mass is 444 g/mol. The van der Waals surface area contributed by atoms with Crippen LogP contribution in [-0.2, 0) is 21.4 Å². The van der Waals surface area contributed by atoms with Crippen molar-refractivity contribution in [3.8, 4) is 10.4 Å². The van der Waals surface area contributed by atoms with Gasteiger partial charge in [0.1, 0.15) is 5.82 Å². The number of rotatable bonds is 7. The van der Waals surface area contributed by atoms with Gasteiger partial charge in [0.2, 0.25) is 15.9 Å². The Morgan fingerprint density at radius 2 is 1.77 bits per heavy atom. The van der Waals surface area contributed by atoms with Crippen molar-refractivity contribution in [3.63, 3.8) is 0 Å². The molecule has 156 valence electrons. The summed E-state index contributed by atoms with van der Waals surface area (Å²) in [6, 6.07) is 16.7. The summed E-state index contributed by atoms with van der Waals surface area (Å²) >= 11 is 1.37. The molecule has 1 heterocycles. The Labute approximate surface area is 179 Å². The van der Waals surface area contributed by atoms with Crippen LogP contribution in [-0.4, -0.2) is 32.7 Å². The average Bonchev–Trinajstić information content (AvgIpc) is 3.20. The second-order valence-electron chi connectivity index (χ2n) is 6.63. The van der Waals surface area contributed by atoms with Crippen LogP contribution in [0.1, 0.15) is 10.4 Å². The first-order valence-electron chi connectivity index (χ1n) is 9.10. The number of halogens is 1. The van der Waals surface area contributed by atoms with E-state index < -0.39 is 10.0 Å². The molecule has 0 radical (unpaired) electrons. The van der Waals surface area contributed by atoms with Gasteiger partial charge in [-0.2, -0.15) is 0 Å². The summed E-state index contributed by atoms with van der Waals surface area (Å²) in [4.78, 5) is 13.9. The van der Waals surface area contributed by atoms with Gasteiger partial charge in [-0.15, -0.1) is 11.3 Å². The van der Waals surface area contributed by atoms with Gasteiger partial charge in [0.05, 0.1) is 4.90 Å². The maximum absolute atomic E-state index is 13.9. The normalized spacial score (nSPS) is 11.9. The largest absolute Gasteiger partial charge is 0.348 e. The lowest BCUT2D eigenvalue weighted by molar-refractivity contribution is -0.116. The fraction of sp³-hybridized carbons (Fsp3) is 0.136. The van der Waals surface area contributed by atoms with Crippen molar-refractivity contribution in [2.45, 2.75) is 11.4 Å². The summed E-state index contributed by atoms with van der Waals surface area (Å²) in [5.74, 6) is -0.646. The van der Waals surface area contributed by atoms with Gasteiger partial charge in [-0.05, 0) is 35.9 Å². The maximum atomic E-state index is 13.9. The highest BCUT2D eigenvalue weighted by Crippen LogP contribution is 2.30. The van der Waals surface area contributed by atoms with Crippen molar-refractivity contribution in [1.29, 1.82) is 0 Å². The molecule has 0 bridgehead atoms. The molecule has 0 aliphatic heterocycles. The van der Waals surface area contributed by atoms with Crippen molar-refractivity contribution >= 4 is 33.3 Å². The van der Waals surface area contributed by atoms with Crippen molar-refractivity contribution < 1.29 is 17.6 Å².